The molecular weight excluding hydrogens is 300 g/mol. The van der Waals surface area contributed by atoms with E-state index in [1.165, 1.54) is 11.8 Å². The van der Waals surface area contributed by atoms with Crippen LogP contribution >= 0.6 is 11.8 Å². The van der Waals surface area contributed by atoms with Gasteiger partial charge >= 0.3 is 0 Å². The van der Waals surface area contributed by atoms with Gasteiger partial charge in [-0.2, -0.15) is 0 Å². The van der Waals surface area contributed by atoms with Gasteiger partial charge in [-0.1, -0.05) is 11.8 Å². The van der Waals surface area contributed by atoms with Crippen molar-refractivity contribution in [2.45, 2.75) is 30.8 Å². The number of rotatable bonds is 6. The molecule has 0 fully saturated rings. The van der Waals surface area contributed by atoms with Crippen LogP contribution in [0.5, 0.6) is 0 Å². The first-order valence-corrected chi connectivity index (χ1v) is 7.90. The SMILES string of the molecule is CCn1nnnc1SC(C)C(=O)Nc1ccc(N(C)C)cc1. The summed E-state index contributed by atoms with van der Waals surface area (Å²) in [4.78, 5) is 14.2. The normalized spacial score (nSPS) is 12.0. The number of amides is 1. The molecule has 0 aliphatic heterocycles. The van der Waals surface area contributed by atoms with Crippen LogP contribution in [0.3, 0.4) is 0 Å². The molecule has 1 aromatic heterocycles. The quantitative estimate of drug-likeness (QED) is 0.819. The van der Waals surface area contributed by atoms with E-state index in [0.717, 1.165) is 11.4 Å². The van der Waals surface area contributed by atoms with Gasteiger partial charge < -0.3 is 10.2 Å². The van der Waals surface area contributed by atoms with E-state index in [1.54, 1.807) is 4.68 Å². The summed E-state index contributed by atoms with van der Waals surface area (Å²) >= 11 is 1.34. The Morgan fingerprint density at radius 2 is 2.05 bits per heavy atom. The van der Waals surface area contributed by atoms with Gasteiger partial charge in [0.25, 0.3) is 0 Å². The van der Waals surface area contributed by atoms with Gasteiger partial charge in [0.1, 0.15) is 0 Å². The maximum atomic E-state index is 12.2. The van der Waals surface area contributed by atoms with Crippen molar-refractivity contribution in [2.24, 2.45) is 0 Å². The van der Waals surface area contributed by atoms with Gasteiger partial charge in [0.15, 0.2) is 0 Å². The predicted molar refractivity (Wildman–Crippen MR) is 88.2 cm³/mol. The zero-order valence-corrected chi connectivity index (χ0v) is 14.0. The van der Waals surface area contributed by atoms with Crippen molar-refractivity contribution in [3.05, 3.63) is 24.3 Å². The Morgan fingerprint density at radius 1 is 1.36 bits per heavy atom. The monoisotopic (exact) mass is 320 g/mol. The van der Waals surface area contributed by atoms with Crippen LogP contribution in [0.2, 0.25) is 0 Å². The standard InChI is InChI=1S/C14H20N6OS/c1-5-20-14(16-17-18-20)22-10(2)13(21)15-11-6-8-12(9-7-11)19(3)4/h6-10H,5H2,1-4H3,(H,15,21). The largest absolute Gasteiger partial charge is 0.378 e. The van der Waals surface area contributed by atoms with Crippen molar-refractivity contribution in [3.8, 4) is 0 Å². The summed E-state index contributed by atoms with van der Waals surface area (Å²) < 4.78 is 1.67. The second kappa shape index (κ2) is 7.26. The first-order valence-electron chi connectivity index (χ1n) is 7.02. The van der Waals surface area contributed by atoms with Crippen molar-refractivity contribution in [1.82, 2.24) is 20.2 Å². The molecule has 0 saturated carbocycles. The van der Waals surface area contributed by atoms with Crippen molar-refractivity contribution in [1.29, 1.82) is 0 Å². The lowest BCUT2D eigenvalue weighted by atomic mass is 10.2. The van der Waals surface area contributed by atoms with E-state index in [2.05, 4.69) is 20.8 Å². The Labute approximate surface area is 134 Å². The molecule has 22 heavy (non-hydrogen) atoms. The number of anilines is 2. The van der Waals surface area contributed by atoms with Gasteiger partial charge in [-0.15, -0.1) is 5.10 Å². The van der Waals surface area contributed by atoms with E-state index in [1.807, 2.05) is 57.1 Å². The molecule has 118 valence electrons. The molecule has 0 saturated heterocycles. The zero-order valence-electron chi connectivity index (χ0n) is 13.1. The predicted octanol–water partition coefficient (Wildman–Crippen LogP) is 1.88. The number of thioether (sulfide) groups is 1. The number of carbonyl (C=O) groups excluding carboxylic acids is 1. The van der Waals surface area contributed by atoms with Gasteiger partial charge in [-0.3, -0.25) is 4.79 Å². The Morgan fingerprint density at radius 3 is 2.64 bits per heavy atom. The highest BCUT2D eigenvalue weighted by Gasteiger charge is 2.18. The number of aryl methyl sites for hydroxylation is 1. The van der Waals surface area contributed by atoms with E-state index in [-0.39, 0.29) is 11.2 Å². The van der Waals surface area contributed by atoms with Crippen LogP contribution in [-0.4, -0.2) is 45.5 Å². The second-order valence-corrected chi connectivity index (χ2v) is 6.28. The number of hydrogen-bond donors (Lipinski definition) is 1. The maximum absolute atomic E-state index is 12.2. The van der Waals surface area contributed by atoms with E-state index < -0.39 is 0 Å². The van der Waals surface area contributed by atoms with Gasteiger partial charge in [0, 0.05) is 32.0 Å². The molecule has 1 amide bonds. The number of nitrogens with one attached hydrogen (secondary N) is 1. The molecule has 1 aromatic carbocycles. The number of aromatic nitrogens is 4. The van der Waals surface area contributed by atoms with Crippen LogP contribution in [0, 0.1) is 0 Å². The lowest BCUT2D eigenvalue weighted by molar-refractivity contribution is -0.115. The van der Waals surface area contributed by atoms with E-state index in [9.17, 15) is 4.79 Å². The van der Waals surface area contributed by atoms with Gasteiger partial charge in [-0.25, -0.2) is 4.68 Å². The third-order valence-electron chi connectivity index (χ3n) is 3.10. The first-order chi connectivity index (χ1) is 10.5. The molecule has 2 rings (SSSR count). The molecule has 1 heterocycles. The first kappa shape index (κ1) is 16.3. The Kier molecular flexibility index (Phi) is 5.37. The highest BCUT2D eigenvalue weighted by atomic mass is 32.2. The molecule has 0 radical (unpaired) electrons. The van der Waals surface area contributed by atoms with Crippen molar-refractivity contribution < 1.29 is 4.79 Å². The van der Waals surface area contributed by atoms with Gasteiger partial charge in [0.2, 0.25) is 11.1 Å². The van der Waals surface area contributed by atoms with E-state index >= 15 is 0 Å². The Balaban J connectivity index is 1.96. The molecule has 7 nitrogen and oxygen atoms in total. The number of nitrogens with zero attached hydrogens (tertiary/aromatic N) is 5. The zero-order chi connectivity index (χ0) is 16.1. The molecule has 0 aliphatic carbocycles. The summed E-state index contributed by atoms with van der Waals surface area (Å²) in [6.45, 7) is 4.47. The topological polar surface area (TPSA) is 75.9 Å². The van der Waals surface area contributed by atoms with Gasteiger partial charge in [0.05, 0.1) is 5.25 Å². The van der Waals surface area contributed by atoms with E-state index in [4.69, 9.17) is 0 Å². The minimum atomic E-state index is -0.287. The lowest BCUT2D eigenvalue weighted by Crippen LogP contribution is -2.23. The van der Waals surface area contributed by atoms with Crippen LogP contribution in [0.4, 0.5) is 11.4 Å². The van der Waals surface area contributed by atoms with Crippen LogP contribution in [0.25, 0.3) is 0 Å². The number of benzene rings is 1. The van der Waals surface area contributed by atoms with Crippen molar-refractivity contribution in [2.75, 3.05) is 24.3 Å². The number of tetrazole rings is 1. The van der Waals surface area contributed by atoms with Crippen molar-refractivity contribution in [3.63, 3.8) is 0 Å². The average Bonchev–Trinajstić information content (AvgIpc) is 2.94. The summed E-state index contributed by atoms with van der Waals surface area (Å²) in [7, 11) is 3.95. The third kappa shape index (κ3) is 3.97. The minimum Gasteiger partial charge on any atom is -0.378 e. The molecule has 0 bridgehead atoms. The summed E-state index contributed by atoms with van der Waals surface area (Å²) in [6, 6.07) is 7.71. The lowest BCUT2D eigenvalue weighted by Gasteiger charge is -2.14. The molecule has 1 atom stereocenters. The van der Waals surface area contributed by atoms with E-state index in [0.29, 0.717) is 11.7 Å². The molecule has 0 aliphatic rings. The second-order valence-electron chi connectivity index (χ2n) is 4.97. The third-order valence-corrected chi connectivity index (χ3v) is 4.17. The molecule has 1 unspecified atom stereocenters. The summed E-state index contributed by atoms with van der Waals surface area (Å²) in [5.41, 5.74) is 1.86. The number of hydrogen-bond acceptors (Lipinski definition) is 6. The fourth-order valence-corrected chi connectivity index (χ4v) is 2.63. The summed E-state index contributed by atoms with van der Waals surface area (Å²) in [6.07, 6.45) is 0. The summed E-state index contributed by atoms with van der Waals surface area (Å²) in [5.74, 6) is -0.0757. The highest BCUT2D eigenvalue weighted by molar-refractivity contribution is 8.00. The molecule has 8 heteroatoms. The molecule has 0 spiro atoms. The number of carbonyl (C=O) groups is 1. The Hall–Kier alpha value is -2.09. The van der Waals surface area contributed by atoms with Crippen LogP contribution < -0.4 is 10.2 Å². The van der Waals surface area contributed by atoms with Crippen LogP contribution in [-0.2, 0) is 11.3 Å². The van der Waals surface area contributed by atoms with Gasteiger partial charge in [-0.05, 0) is 48.5 Å². The van der Waals surface area contributed by atoms with Crippen LogP contribution in [0.1, 0.15) is 13.8 Å². The molecule has 1 N–H and O–H groups in total. The molecular formula is C14H20N6OS. The maximum Gasteiger partial charge on any atom is 0.237 e. The fraction of sp³-hybridized carbons (Fsp3) is 0.429. The minimum absolute atomic E-state index is 0.0757. The van der Waals surface area contributed by atoms with Crippen molar-refractivity contribution >= 4 is 29.0 Å². The Bertz CT molecular complexity index is 625. The summed E-state index contributed by atoms with van der Waals surface area (Å²) in [5, 5.41) is 14.7. The molecule has 2 aromatic rings. The fourth-order valence-electron chi connectivity index (χ4n) is 1.78. The van der Waals surface area contributed by atoms with Crippen LogP contribution in [0.15, 0.2) is 29.4 Å². The smallest absolute Gasteiger partial charge is 0.237 e. The highest BCUT2D eigenvalue weighted by Crippen LogP contribution is 2.22. The average molecular weight is 320 g/mol.